The van der Waals surface area contributed by atoms with Crippen LogP contribution in [0.25, 0.3) is 0 Å². The average molecular weight is 467 g/mol. The summed E-state index contributed by atoms with van der Waals surface area (Å²) in [7, 11) is -3.50. The minimum absolute atomic E-state index is 0.0865. The topological polar surface area (TPSA) is 74.8 Å². The van der Waals surface area contributed by atoms with Crippen molar-refractivity contribution in [3.05, 3.63) is 107 Å². The van der Waals surface area contributed by atoms with Crippen LogP contribution in [0.4, 0.5) is 4.39 Å². The van der Waals surface area contributed by atoms with Gasteiger partial charge in [-0.05, 0) is 35.9 Å². The SMILES string of the molecule is O=C(c1ccc(F)cc1)c1ccccc1C(=O)N1CCN(S(=O)(=O)Cc2ccccc2)CC1. The molecule has 0 atom stereocenters. The van der Waals surface area contributed by atoms with E-state index in [1.54, 1.807) is 53.4 Å². The van der Waals surface area contributed by atoms with Crippen molar-refractivity contribution in [3.63, 3.8) is 0 Å². The highest BCUT2D eigenvalue weighted by molar-refractivity contribution is 7.88. The van der Waals surface area contributed by atoms with Crippen LogP contribution >= 0.6 is 0 Å². The lowest BCUT2D eigenvalue weighted by atomic mass is 9.97. The largest absolute Gasteiger partial charge is 0.336 e. The molecule has 1 amide bonds. The molecule has 0 radical (unpaired) electrons. The maximum absolute atomic E-state index is 13.2. The minimum Gasteiger partial charge on any atom is -0.336 e. The minimum atomic E-state index is -3.50. The molecule has 0 aliphatic carbocycles. The van der Waals surface area contributed by atoms with Gasteiger partial charge in [-0.25, -0.2) is 12.8 Å². The Bertz CT molecular complexity index is 1250. The van der Waals surface area contributed by atoms with E-state index < -0.39 is 15.8 Å². The first-order chi connectivity index (χ1) is 15.8. The van der Waals surface area contributed by atoms with Gasteiger partial charge < -0.3 is 4.90 Å². The van der Waals surface area contributed by atoms with Gasteiger partial charge >= 0.3 is 0 Å². The number of hydrogen-bond donors (Lipinski definition) is 0. The number of sulfonamides is 1. The fourth-order valence-electron chi connectivity index (χ4n) is 3.84. The second-order valence-electron chi connectivity index (χ2n) is 7.81. The van der Waals surface area contributed by atoms with Gasteiger partial charge in [0.2, 0.25) is 10.0 Å². The molecular weight excluding hydrogens is 443 g/mol. The van der Waals surface area contributed by atoms with Gasteiger partial charge in [0, 0.05) is 37.3 Å². The van der Waals surface area contributed by atoms with E-state index in [0.29, 0.717) is 5.56 Å². The highest BCUT2D eigenvalue weighted by atomic mass is 32.2. The summed E-state index contributed by atoms with van der Waals surface area (Å²) in [5.41, 5.74) is 1.47. The Kier molecular flexibility index (Phi) is 6.67. The van der Waals surface area contributed by atoms with Crippen LogP contribution < -0.4 is 0 Å². The summed E-state index contributed by atoms with van der Waals surface area (Å²) < 4.78 is 40.2. The fourth-order valence-corrected chi connectivity index (χ4v) is 5.36. The van der Waals surface area contributed by atoms with Gasteiger partial charge in [0.05, 0.1) is 11.3 Å². The number of amides is 1. The summed E-state index contributed by atoms with van der Waals surface area (Å²) in [4.78, 5) is 27.7. The molecule has 0 spiro atoms. The first-order valence-corrected chi connectivity index (χ1v) is 12.2. The van der Waals surface area contributed by atoms with Gasteiger partial charge in [0.25, 0.3) is 5.91 Å². The first-order valence-electron chi connectivity index (χ1n) is 10.6. The van der Waals surface area contributed by atoms with E-state index in [1.807, 2.05) is 6.07 Å². The third-order valence-corrected chi connectivity index (χ3v) is 7.47. The second kappa shape index (κ2) is 9.64. The zero-order valence-electron chi connectivity index (χ0n) is 17.9. The lowest BCUT2D eigenvalue weighted by Gasteiger charge is -2.34. The van der Waals surface area contributed by atoms with Crippen LogP contribution in [0.3, 0.4) is 0 Å². The maximum Gasteiger partial charge on any atom is 0.254 e. The molecule has 6 nitrogen and oxygen atoms in total. The standard InChI is InChI=1S/C25H23FN2O4S/c26-21-12-10-20(11-13-21)24(29)22-8-4-5-9-23(22)25(30)27-14-16-28(17-15-27)33(31,32)18-19-6-2-1-3-7-19/h1-13H,14-18H2. The first kappa shape index (κ1) is 22.8. The average Bonchev–Trinajstić information content (AvgIpc) is 2.84. The van der Waals surface area contributed by atoms with Crippen molar-refractivity contribution in [2.45, 2.75) is 5.75 Å². The summed E-state index contributed by atoms with van der Waals surface area (Å²) >= 11 is 0. The van der Waals surface area contributed by atoms with Gasteiger partial charge in [0.15, 0.2) is 5.78 Å². The Morgan fingerprint density at radius 3 is 1.97 bits per heavy atom. The summed E-state index contributed by atoms with van der Waals surface area (Å²) in [6.07, 6.45) is 0. The van der Waals surface area contributed by atoms with Crippen LogP contribution in [0.15, 0.2) is 78.9 Å². The van der Waals surface area contributed by atoms with Crippen LogP contribution in [0.1, 0.15) is 31.8 Å². The molecule has 8 heteroatoms. The van der Waals surface area contributed by atoms with E-state index in [4.69, 9.17) is 0 Å². The number of carbonyl (C=O) groups excluding carboxylic acids is 2. The Morgan fingerprint density at radius 1 is 0.758 bits per heavy atom. The monoisotopic (exact) mass is 466 g/mol. The van der Waals surface area contributed by atoms with Crippen molar-refractivity contribution in [2.24, 2.45) is 0 Å². The van der Waals surface area contributed by atoms with Crippen LogP contribution in [-0.4, -0.2) is 55.5 Å². The summed E-state index contributed by atoms with van der Waals surface area (Å²) in [5, 5.41) is 0. The lowest BCUT2D eigenvalue weighted by Crippen LogP contribution is -2.50. The molecule has 1 aliphatic rings. The lowest BCUT2D eigenvalue weighted by molar-refractivity contribution is 0.0694. The Balaban J connectivity index is 1.46. The molecule has 170 valence electrons. The number of ketones is 1. The van der Waals surface area contributed by atoms with Crippen molar-refractivity contribution >= 4 is 21.7 Å². The van der Waals surface area contributed by atoms with E-state index in [-0.39, 0.29) is 60.3 Å². The van der Waals surface area contributed by atoms with Crippen LogP contribution in [-0.2, 0) is 15.8 Å². The molecule has 3 aromatic rings. The molecule has 0 unspecified atom stereocenters. The van der Waals surface area contributed by atoms with Gasteiger partial charge in [-0.1, -0.05) is 48.5 Å². The van der Waals surface area contributed by atoms with E-state index >= 15 is 0 Å². The molecule has 0 N–H and O–H groups in total. The number of halogens is 1. The molecule has 0 bridgehead atoms. The second-order valence-corrected chi connectivity index (χ2v) is 9.78. The van der Waals surface area contributed by atoms with E-state index in [0.717, 1.165) is 0 Å². The molecular formula is C25H23FN2O4S. The van der Waals surface area contributed by atoms with E-state index in [2.05, 4.69) is 0 Å². The Labute approximate surface area is 192 Å². The highest BCUT2D eigenvalue weighted by Crippen LogP contribution is 2.20. The molecule has 1 aliphatic heterocycles. The number of rotatable bonds is 6. The zero-order chi connectivity index (χ0) is 23.4. The third kappa shape index (κ3) is 5.18. The normalized spacial score (nSPS) is 14.8. The Morgan fingerprint density at radius 2 is 1.33 bits per heavy atom. The smallest absolute Gasteiger partial charge is 0.254 e. The van der Waals surface area contributed by atoms with Gasteiger partial charge in [0.1, 0.15) is 5.82 Å². The van der Waals surface area contributed by atoms with Crippen molar-refractivity contribution in [2.75, 3.05) is 26.2 Å². The molecule has 0 saturated carbocycles. The van der Waals surface area contributed by atoms with Crippen LogP contribution in [0, 0.1) is 5.82 Å². The van der Waals surface area contributed by atoms with Gasteiger partial charge in [-0.3, -0.25) is 9.59 Å². The van der Waals surface area contributed by atoms with Gasteiger partial charge in [-0.15, -0.1) is 0 Å². The van der Waals surface area contributed by atoms with Crippen molar-refractivity contribution in [1.82, 2.24) is 9.21 Å². The molecule has 3 aromatic carbocycles. The maximum atomic E-state index is 13.2. The number of benzene rings is 3. The van der Waals surface area contributed by atoms with Crippen molar-refractivity contribution in [3.8, 4) is 0 Å². The van der Waals surface area contributed by atoms with E-state index in [1.165, 1.54) is 28.6 Å². The van der Waals surface area contributed by atoms with E-state index in [9.17, 15) is 22.4 Å². The third-order valence-electron chi connectivity index (χ3n) is 5.62. The molecule has 33 heavy (non-hydrogen) atoms. The van der Waals surface area contributed by atoms with Crippen LogP contribution in [0.5, 0.6) is 0 Å². The quantitative estimate of drug-likeness (QED) is 0.523. The summed E-state index contributed by atoms with van der Waals surface area (Å²) in [5.74, 6) is -1.24. The number of carbonyl (C=O) groups is 2. The van der Waals surface area contributed by atoms with Crippen molar-refractivity contribution in [1.29, 1.82) is 0 Å². The molecule has 1 fully saturated rings. The number of piperazine rings is 1. The number of hydrogen-bond acceptors (Lipinski definition) is 4. The molecule has 1 saturated heterocycles. The Hall–Kier alpha value is -3.36. The summed E-state index contributed by atoms with van der Waals surface area (Å²) in [6, 6.07) is 20.6. The van der Waals surface area contributed by atoms with Crippen LogP contribution in [0.2, 0.25) is 0 Å². The zero-order valence-corrected chi connectivity index (χ0v) is 18.7. The predicted molar refractivity (Wildman–Crippen MR) is 123 cm³/mol. The highest BCUT2D eigenvalue weighted by Gasteiger charge is 2.30. The van der Waals surface area contributed by atoms with Gasteiger partial charge in [-0.2, -0.15) is 4.31 Å². The predicted octanol–water partition coefficient (Wildman–Crippen LogP) is 3.34. The number of nitrogens with zero attached hydrogens (tertiary/aromatic N) is 2. The molecule has 1 heterocycles. The van der Waals surface area contributed by atoms with Crippen molar-refractivity contribution < 1.29 is 22.4 Å². The molecule has 4 rings (SSSR count). The summed E-state index contributed by atoms with van der Waals surface area (Å²) in [6.45, 7) is 0.835. The fraction of sp³-hybridized carbons (Fsp3) is 0.200. The molecule has 0 aromatic heterocycles.